The molecule has 1 saturated carbocycles. The number of aromatic nitrogens is 3. The van der Waals surface area contributed by atoms with E-state index in [9.17, 15) is 4.79 Å². The lowest BCUT2D eigenvalue weighted by atomic mass is 10.0. The van der Waals surface area contributed by atoms with Gasteiger partial charge in [0.05, 0.1) is 16.9 Å². The zero-order valence-electron chi connectivity index (χ0n) is 19.4. The van der Waals surface area contributed by atoms with Crippen molar-refractivity contribution in [2.45, 2.75) is 31.3 Å². The zero-order chi connectivity index (χ0) is 23.7. The van der Waals surface area contributed by atoms with Crippen molar-refractivity contribution in [2.24, 2.45) is 0 Å². The standard InChI is InChI=1S/C27H28N6O/c1-33(2)22-12-6-11-21(22)30-27(34)25-26(28)32-23(17-8-4-3-5-9-17)24(31-25)19-13-14-20-18(16-19)10-7-15-29-20/h3-5,7-10,13-16,21-22H,6,11-12H2,1-2H3,(H2,28,32)(H,30,34)/t21-,22?/m1/s1. The van der Waals surface area contributed by atoms with Gasteiger partial charge >= 0.3 is 0 Å². The number of rotatable bonds is 5. The van der Waals surface area contributed by atoms with Crippen molar-refractivity contribution in [3.8, 4) is 22.5 Å². The zero-order valence-corrected chi connectivity index (χ0v) is 19.4. The highest BCUT2D eigenvalue weighted by Crippen LogP contribution is 2.32. The fourth-order valence-corrected chi connectivity index (χ4v) is 4.80. The molecule has 1 aliphatic carbocycles. The summed E-state index contributed by atoms with van der Waals surface area (Å²) in [5.41, 5.74) is 10.4. The molecule has 172 valence electrons. The molecule has 2 heterocycles. The molecule has 1 amide bonds. The third-order valence-corrected chi connectivity index (χ3v) is 6.52. The van der Waals surface area contributed by atoms with Crippen LogP contribution in [-0.2, 0) is 0 Å². The first-order chi connectivity index (χ1) is 16.5. The molecule has 1 fully saturated rings. The van der Waals surface area contributed by atoms with Crippen molar-refractivity contribution in [3.63, 3.8) is 0 Å². The third-order valence-electron chi connectivity index (χ3n) is 6.52. The van der Waals surface area contributed by atoms with Crippen LogP contribution in [0.1, 0.15) is 29.8 Å². The first-order valence-electron chi connectivity index (χ1n) is 11.6. The highest BCUT2D eigenvalue weighted by atomic mass is 16.2. The largest absolute Gasteiger partial charge is 0.382 e. The van der Waals surface area contributed by atoms with E-state index in [4.69, 9.17) is 10.7 Å². The second kappa shape index (κ2) is 9.19. The maximum absolute atomic E-state index is 13.3. The molecular weight excluding hydrogens is 424 g/mol. The first kappa shape index (κ1) is 22.0. The van der Waals surface area contributed by atoms with Crippen molar-refractivity contribution < 1.29 is 4.79 Å². The van der Waals surface area contributed by atoms with Crippen molar-refractivity contribution in [3.05, 3.63) is 72.6 Å². The topological polar surface area (TPSA) is 97.0 Å². The molecule has 7 heteroatoms. The molecule has 7 nitrogen and oxygen atoms in total. The molecule has 2 aromatic carbocycles. The Morgan fingerprint density at radius 1 is 0.971 bits per heavy atom. The summed E-state index contributed by atoms with van der Waals surface area (Å²) in [7, 11) is 4.09. The number of fused-ring (bicyclic) bond motifs is 1. The smallest absolute Gasteiger partial charge is 0.274 e. The van der Waals surface area contributed by atoms with Gasteiger partial charge in [-0.05, 0) is 51.6 Å². The minimum atomic E-state index is -0.285. The molecule has 1 unspecified atom stereocenters. The van der Waals surface area contributed by atoms with Crippen LogP contribution in [0.4, 0.5) is 5.82 Å². The van der Waals surface area contributed by atoms with E-state index in [0.29, 0.717) is 17.4 Å². The van der Waals surface area contributed by atoms with Gasteiger partial charge in [0.25, 0.3) is 5.91 Å². The number of carbonyl (C=O) groups excluding carboxylic acids is 1. The Balaban J connectivity index is 1.59. The fraction of sp³-hybridized carbons (Fsp3) is 0.259. The summed E-state index contributed by atoms with van der Waals surface area (Å²) in [5.74, 6) is -0.158. The van der Waals surface area contributed by atoms with Gasteiger partial charge in [0, 0.05) is 34.8 Å². The predicted molar refractivity (Wildman–Crippen MR) is 135 cm³/mol. The molecular formula is C27H28N6O. The normalized spacial score (nSPS) is 17.9. The van der Waals surface area contributed by atoms with Gasteiger partial charge in [0.2, 0.25) is 0 Å². The minimum Gasteiger partial charge on any atom is -0.382 e. The Labute approximate surface area is 199 Å². The van der Waals surface area contributed by atoms with Gasteiger partial charge in [0.15, 0.2) is 11.5 Å². The number of hydrogen-bond acceptors (Lipinski definition) is 6. The van der Waals surface area contributed by atoms with Crippen LogP contribution in [0, 0.1) is 0 Å². The number of amides is 1. The van der Waals surface area contributed by atoms with Crippen LogP contribution in [0.15, 0.2) is 66.9 Å². The maximum Gasteiger partial charge on any atom is 0.274 e. The van der Waals surface area contributed by atoms with Crippen LogP contribution >= 0.6 is 0 Å². The number of nitrogens with two attached hydrogens (primary N) is 1. The summed E-state index contributed by atoms with van der Waals surface area (Å²) < 4.78 is 0. The van der Waals surface area contributed by atoms with Crippen LogP contribution in [-0.4, -0.2) is 51.9 Å². The number of nitrogens with zero attached hydrogens (tertiary/aromatic N) is 4. The quantitative estimate of drug-likeness (QED) is 0.472. The Hall–Kier alpha value is -3.84. The average Bonchev–Trinajstić information content (AvgIpc) is 3.32. The molecule has 0 aliphatic heterocycles. The summed E-state index contributed by atoms with van der Waals surface area (Å²) >= 11 is 0. The Bertz CT molecular complexity index is 1340. The number of benzene rings is 2. The van der Waals surface area contributed by atoms with Gasteiger partial charge in [-0.2, -0.15) is 0 Å². The highest BCUT2D eigenvalue weighted by Gasteiger charge is 2.31. The third kappa shape index (κ3) is 4.22. The van der Waals surface area contributed by atoms with Gasteiger partial charge in [-0.3, -0.25) is 9.78 Å². The van der Waals surface area contributed by atoms with E-state index in [1.54, 1.807) is 6.20 Å². The molecule has 34 heavy (non-hydrogen) atoms. The van der Waals surface area contributed by atoms with Crippen molar-refractivity contribution in [1.82, 2.24) is 25.2 Å². The van der Waals surface area contributed by atoms with E-state index in [1.165, 1.54) is 0 Å². The predicted octanol–water partition coefficient (Wildman–Crippen LogP) is 4.15. The number of nitrogen functional groups attached to an aromatic ring is 1. The highest BCUT2D eigenvalue weighted by molar-refractivity contribution is 5.98. The number of carbonyl (C=O) groups is 1. The number of hydrogen-bond donors (Lipinski definition) is 2. The van der Waals surface area contributed by atoms with Gasteiger partial charge < -0.3 is 16.0 Å². The number of likely N-dealkylation sites (N-methyl/N-ethyl adjacent to an activating group) is 1. The molecule has 2 atom stereocenters. The SMILES string of the molecule is CN(C)C1CCC[C@H]1NC(=O)c1nc(-c2ccc3ncccc3c2)c(-c2ccccc2)nc1N. The molecule has 1 aliphatic rings. The van der Waals surface area contributed by atoms with Crippen LogP contribution in [0.3, 0.4) is 0 Å². The molecule has 5 rings (SSSR count). The first-order valence-corrected chi connectivity index (χ1v) is 11.6. The van der Waals surface area contributed by atoms with Crippen LogP contribution in [0.2, 0.25) is 0 Å². The summed E-state index contributed by atoms with van der Waals surface area (Å²) in [4.78, 5) is 29.4. The fourth-order valence-electron chi connectivity index (χ4n) is 4.80. The lowest BCUT2D eigenvalue weighted by Gasteiger charge is -2.27. The van der Waals surface area contributed by atoms with Crippen molar-refractivity contribution in [1.29, 1.82) is 0 Å². The number of anilines is 1. The lowest BCUT2D eigenvalue weighted by molar-refractivity contribution is 0.0915. The average molecular weight is 453 g/mol. The van der Waals surface area contributed by atoms with E-state index in [0.717, 1.165) is 41.3 Å². The van der Waals surface area contributed by atoms with Gasteiger partial charge in [-0.1, -0.05) is 42.5 Å². The summed E-state index contributed by atoms with van der Waals surface area (Å²) in [5, 5.41) is 4.15. The van der Waals surface area contributed by atoms with Gasteiger partial charge in [-0.15, -0.1) is 0 Å². The summed E-state index contributed by atoms with van der Waals surface area (Å²) in [6.45, 7) is 0. The molecule has 3 N–H and O–H groups in total. The van der Waals surface area contributed by atoms with Gasteiger partial charge in [0.1, 0.15) is 0 Å². The monoisotopic (exact) mass is 452 g/mol. The number of pyridine rings is 1. The van der Waals surface area contributed by atoms with Gasteiger partial charge in [-0.25, -0.2) is 9.97 Å². The van der Waals surface area contributed by atoms with E-state index >= 15 is 0 Å². The lowest BCUT2D eigenvalue weighted by Crippen LogP contribution is -2.46. The molecule has 0 saturated heterocycles. The van der Waals surface area contributed by atoms with Crippen molar-refractivity contribution >= 4 is 22.6 Å². The molecule has 2 aromatic heterocycles. The molecule has 4 aromatic rings. The van der Waals surface area contributed by atoms with Crippen LogP contribution in [0.5, 0.6) is 0 Å². The van der Waals surface area contributed by atoms with Crippen LogP contribution < -0.4 is 11.1 Å². The molecule has 0 bridgehead atoms. The van der Waals surface area contributed by atoms with E-state index in [-0.39, 0.29) is 23.5 Å². The van der Waals surface area contributed by atoms with E-state index < -0.39 is 0 Å². The maximum atomic E-state index is 13.3. The molecule has 0 spiro atoms. The second-order valence-electron chi connectivity index (χ2n) is 8.97. The van der Waals surface area contributed by atoms with E-state index in [2.05, 4.69) is 20.2 Å². The second-order valence-corrected chi connectivity index (χ2v) is 8.97. The Morgan fingerprint density at radius 2 is 1.76 bits per heavy atom. The Kier molecular flexibility index (Phi) is 5.94. The van der Waals surface area contributed by atoms with Crippen LogP contribution in [0.25, 0.3) is 33.4 Å². The number of nitrogens with one attached hydrogen (secondary N) is 1. The molecule has 0 radical (unpaired) electrons. The Morgan fingerprint density at radius 3 is 2.56 bits per heavy atom. The van der Waals surface area contributed by atoms with E-state index in [1.807, 2.05) is 74.8 Å². The summed E-state index contributed by atoms with van der Waals surface area (Å²) in [6, 6.07) is 20.0. The van der Waals surface area contributed by atoms with Crippen molar-refractivity contribution in [2.75, 3.05) is 19.8 Å². The summed E-state index contributed by atoms with van der Waals surface area (Å²) in [6.07, 6.45) is 4.85. The minimum absolute atomic E-state index is 0.0627.